The van der Waals surface area contributed by atoms with Gasteiger partial charge in [0, 0.05) is 23.7 Å². The van der Waals surface area contributed by atoms with Crippen LogP contribution in [0.15, 0.2) is 89.8 Å². The number of sulfone groups is 1. The fraction of sp³-hybridized carbons (Fsp3) is 0.360. The molecule has 75 heavy (non-hydrogen) atoms. The Kier molecular flexibility index (Phi) is 19.9. The summed E-state index contributed by atoms with van der Waals surface area (Å²) in [5.74, 6) is -5.75. The Labute approximate surface area is 444 Å². The summed E-state index contributed by atoms with van der Waals surface area (Å²) in [5.41, 5.74) is -1.57. The van der Waals surface area contributed by atoms with Gasteiger partial charge in [0.2, 0.25) is 22.4 Å². The van der Waals surface area contributed by atoms with Crippen LogP contribution in [0.5, 0.6) is 5.75 Å². The molecule has 0 aromatic heterocycles. The molecule has 0 aliphatic carbocycles. The second kappa shape index (κ2) is 24.6. The number of benzene rings is 4. The monoisotopic (exact) mass is 1120 g/mol. The molecule has 0 spiro atoms. The molecule has 0 saturated carbocycles. The molecule has 4 aromatic carbocycles. The number of halogens is 2. The molecule has 3 atom stereocenters. The van der Waals surface area contributed by atoms with Crippen LogP contribution in [0.2, 0.25) is 10.0 Å². The van der Waals surface area contributed by atoms with Gasteiger partial charge in [0.05, 0.1) is 70.1 Å². The number of methoxy groups -OCH3 is 2. The maximum absolute atomic E-state index is 13.6. The molecule has 1 fully saturated rings. The molecule has 25 heteroatoms. The van der Waals surface area contributed by atoms with Crippen molar-refractivity contribution in [3.63, 3.8) is 0 Å². The highest BCUT2D eigenvalue weighted by atomic mass is 35.5. The standard InChI is InChI=1S/C27H30ClN3O7.C23H27ClN2O9S2/c1-6-38-24-23(34)31(26(36)30(24)15-16-10-8-7-9-11-16)20(21(32)27(2,3)4)22(33)29-19-14-17(25(35)37-5)12-13-18(19)28;1-23(2,3)20(27)19(21(28)25-16-11-13(22(29)34-4)7-9-15(16)24)35-18-10-8-14(36(5,30)31)12-17(18)26-37(6,32)33/h7-14,20,24H,6,15H2,1-5H3,(H,29,33);7-12,19,26H,1-6H3,(H,25,28). The number of imide groups is 1. The van der Waals surface area contributed by atoms with Gasteiger partial charge in [-0.1, -0.05) is 95.1 Å². The third kappa shape index (κ3) is 15.8. The minimum atomic E-state index is -3.91. The van der Waals surface area contributed by atoms with Crippen LogP contribution in [0.1, 0.15) is 74.7 Å². The van der Waals surface area contributed by atoms with Crippen LogP contribution in [-0.4, -0.2) is 126 Å². The molecule has 1 aliphatic heterocycles. The van der Waals surface area contributed by atoms with E-state index < -0.39 is 96.3 Å². The molecule has 5 rings (SSSR count). The Balaban J connectivity index is 0.000000325. The molecular formula is C50H57Cl2N5O16S2. The highest BCUT2D eigenvalue weighted by Gasteiger charge is 2.54. The summed E-state index contributed by atoms with van der Waals surface area (Å²) >= 11 is 12.4. The van der Waals surface area contributed by atoms with E-state index in [2.05, 4.69) is 20.1 Å². The van der Waals surface area contributed by atoms with E-state index in [9.17, 15) is 55.2 Å². The lowest BCUT2D eigenvalue weighted by Gasteiger charge is -2.29. The van der Waals surface area contributed by atoms with Gasteiger partial charge < -0.3 is 29.6 Å². The van der Waals surface area contributed by atoms with Crippen LogP contribution in [0.4, 0.5) is 21.9 Å². The number of amides is 5. The van der Waals surface area contributed by atoms with Crippen molar-refractivity contribution in [3.8, 4) is 5.75 Å². The van der Waals surface area contributed by atoms with Gasteiger partial charge >= 0.3 is 18.0 Å². The second-order valence-electron chi connectivity index (χ2n) is 18.7. The second-order valence-corrected chi connectivity index (χ2v) is 23.3. The molecule has 0 bridgehead atoms. The van der Waals surface area contributed by atoms with Gasteiger partial charge in [-0.15, -0.1) is 0 Å². The predicted octanol–water partition coefficient (Wildman–Crippen LogP) is 6.78. The van der Waals surface area contributed by atoms with E-state index in [0.717, 1.165) is 36.3 Å². The highest BCUT2D eigenvalue weighted by molar-refractivity contribution is 7.92. The number of sulfonamides is 1. The number of Topliss-reactive ketones (excluding diaryl/α,β-unsaturated/α-hetero) is 2. The van der Waals surface area contributed by atoms with E-state index in [0.29, 0.717) is 4.90 Å². The number of hydrogen-bond acceptors (Lipinski definition) is 16. The van der Waals surface area contributed by atoms with E-state index in [1.807, 2.05) is 6.07 Å². The predicted molar refractivity (Wildman–Crippen MR) is 278 cm³/mol. The number of urea groups is 1. The van der Waals surface area contributed by atoms with Gasteiger partial charge in [0.15, 0.2) is 27.4 Å². The average molecular weight is 1120 g/mol. The van der Waals surface area contributed by atoms with Crippen molar-refractivity contribution in [1.29, 1.82) is 0 Å². The summed E-state index contributed by atoms with van der Waals surface area (Å²) in [7, 11) is -5.26. The molecular weight excluding hydrogens is 1060 g/mol. The largest absolute Gasteiger partial charge is 0.470 e. The lowest BCUT2D eigenvalue weighted by molar-refractivity contribution is -0.149. The number of carbonyl (C=O) groups is 8. The highest BCUT2D eigenvalue weighted by Crippen LogP contribution is 2.34. The minimum Gasteiger partial charge on any atom is -0.470 e. The Morgan fingerprint density at radius 3 is 1.64 bits per heavy atom. The topological polar surface area (TPSA) is 284 Å². The first-order valence-corrected chi connectivity index (χ1v) is 27.0. The van der Waals surface area contributed by atoms with Gasteiger partial charge in [-0.25, -0.2) is 36.1 Å². The van der Waals surface area contributed by atoms with Gasteiger partial charge in [0.1, 0.15) is 5.75 Å². The molecule has 4 aromatic rings. The third-order valence-corrected chi connectivity index (χ3v) is 13.0. The average Bonchev–Trinajstić information content (AvgIpc) is 3.54. The van der Waals surface area contributed by atoms with Crippen molar-refractivity contribution in [3.05, 3.63) is 112 Å². The molecule has 5 amide bonds. The Hall–Kier alpha value is -6.92. The number of carbonyl (C=O) groups excluding carboxylic acids is 8. The van der Waals surface area contributed by atoms with E-state index in [4.69, 9.17) is 37.4 Å². The summed E-state index contributed by atoms with van der Waals surface area (Å²) in [6.07, 6.45) is -1.37. The summed E-state index contributed by atoms with van der Waals surface area (Å²) < 4.78 is 70.6. The SMILES string of the molecule is CCOC1C(=O)N(C(C(=O)Nc2cc(C(=O)OC)ccc2Cl)C(=O)C(C)(C)C)C(=O)N1Cc1ccccc1.COC(=O)c1ccc(Cl)c(NC(=O)C(Oc2ccc(S(C)(=O)=O)cc2NS(C)(=O)=O)C(=O)C(C)(C)C)c1. The third-order valence-electron chi connectivity index (χ3n) is 10.6. The quantitative estimate of drug-likeness (QED) is 0.0526. The Morgan fingerprint density at radius 2 is 1.19 bits per heavy atom. The summed E-state index contributed by atoms with van der Waals surface area (Å²) in [6, 6.07) is 17.6. The van der Waals surface area contributed by atoms with Crippen molar-refractivity contribution in [2.45, 2.75) is 78.3 Å². The molecule has 3 unspecified atom stereocenters. The zero-order chi connectivity index (χ0) is 56.5. The van der Waals surface area contributed by atoms with Gasteiger partial charge in [-0.3, -0.25) is 33.6 Å². The van der Waals surface area contributed by atoms with Crippen LogP contribution in [0.25, 0.3) is 0 Å². The maximum Gasteiger partial charge on any atom is 0.337 e. The van der Waals surface area contributed by atoms with Crippen molar-refractivity contribution >= 4 is 107 Å². The molecule has 0 radical (unpaired) electrons. The molecule has 1 saturated heterocycles. The first kappa shape index (κ1) is 60.6. The molecule has 404 valence electrons. The number of ether oxygens (including phenoxy) is 4. The number of nitrogens with one attached hydrogen (secondary N) is 3. The van der Waals surface area contributed by atoms with Crippen molar-refractivity contribution < 1.29 is 74.1 Å². The lowest BCUT2D eigenvalue weighted by atomic mass is 9.85. The number of hydrogen-bond donors (Lipinski definition) is 3. The lowest BCUT2D eigenvalue weighted by Crippen LogP contribution is -2.55. The van der Waals surface area contributed by atoms with Gasteiger partial charge in [0.25, 0.3) is 17.7 Å². The summed E-state index contributed by atoms with van der Waals surface area (Å²) in [6.45, 7) is 11.2. The molecule has 3 N–H and O–H groups in total. The number of esters is 2. The van der Waals surface area contributed by atoms with Crippen LogP contribution in [0, 0.1) is 10.8 Å². The maximum atomic E-state index is 13.6. The summed E-state index contributed by atoms with van der Waals surface area (Å²) in [4.78, 5) is 106. The molecule has 1 heterocycles. The number of anilines is 3. The van der Waals surface area contributed by atoms with Crippen molar-refractivity contribution in [1.82, 2.24) is 9.80 Å². The van der Waals surface area contributed by atoms with Crippen LogP contribution in [0.3, 0.4) is 0 Å². The van der Waals surface area contributed by atoms with Gasteiger partial charge in [-0.2, -0.15) is 0 Å². The first-order valence-electron chi connectivity index (χ1n) is 22.5. The minimum absolute atomic E-state index is 0.00729. The first-order chi connectivity index (χ1) is 34.7. The Morgan fingerprint density at radius 1 is 0.680 bits per heavy atom. The van der Waals surface area contributed by atoms with E-state index in [1.165, 1.54) is 55.5 Å². The zero-order valence-corrected chi connectivity index (χ0v) is 45.9. The number of rotatable bonds is 18. The van der Waals surface area contributed by atoms with Crippen LogP contribution < -0.4 is 20.1 Å². The smallest absolute Gasteiger partial charge is 0.337 e. The van der Waals surface area contributed by atoms with E-state index in [-0.39, 0.29) is 62.0 Å². The fourth-order valence-electron chi connectivity index (χ4n) is 6.84. The van der Waals surface area contributed by atoms with Crippen LogP contribution >= 0.6 is 23.2 Å². The number of ketones is 2. The zero-order valence-electron chi connectivity index (χ0n) is 42.7. The summed E-state index contributed by atoms with van der Waals surface area (Å²) in [5, 5.41) is 5.08. The van der Waals surface area contributed by atoms with E-state index in [1.54, 1.807) is 72.7 Å². The van der Waals surface area contributed by atoms with Crippen LogP contribution in [-0.2, 0) is 64.6 Å². The van der Waals surface area contributed by atoms with Crippen molar-refractivity contribution in [2.75, 3.05) is 48.7 Å². The normalized spacial score (nSPS) is 14.7. The fourth-order valence-corrected chi connectivity index (χ4v) is 8.37. The Bertz CT molecular complexity index is 3110. The van der Waals surface area contributed by atoms with Crippen molar-refractivity contribution in [2.24, 2.45) is 10.8 Å². The number of nitrogens with zero attached hydrogens (tertiary/aromatic N) is 2. The van der Waals surface area contributed by atoms with E-state index >= 15 is 0 Å². The molecule has 21 nitrogen and oxygen atoms in total. The molecule has 1 aliphatic rings. The van der Waals surface area contributed by atoms with Gasteiger partial charge in [-0.05, 0) is 67.1 Å².